The summed E-state index contributed by atoms with van der Waals surface area (Å²) in [7, 11) is 2.15. The Morgan fingerprint density at radius 3 is 2.67 bits per heavy atom. The van der Waals surface area contributed by atoms with Gasteiger partial charge in [0, 0.05) is 26.7 Å². The summed E-state index contributed by atoms with van der Waals surface area (Å²) in [5.74, 6) is 0. The van der Waals surface area contributed by atoms with Gasteiger partial charge in [-0.25, -0.2) is 0 Å². The lowest BCUT2D eigenvalue weighted by Gasteiger charge is -2.37. The van der Waals surface area contributed by atoms with E-state index in [0.717, 1.165) is 38.9 Å². The quantitative estimate of drug-likeness (QED) is 0.867. The van der Waals surface area contributed by atoms with Crippen molar-refractivity contribution in [1.82, 2.24) is 0 Å². The van der Waals surface area contributed by atoms with Crippen molar-refractivity contribution in [1.29, 1.82) is 0 Å². The average Bonchev–Trinajstić information content (AvgIpc) is 2.41. The van der Waals surface area contributed by atoms with Crippen LogP contribution in [-0.4, -0.2) is 37.9 Å². The highest BCUT2D eigenvalue weighted by atomic mass is 16.3. The van der Waals surface area contributed by atoms with Crippen molar-refractivity contribution in [3.8, 4) is 0 Å². The molecular weight excluding hydrogens is 224 g/mol. The van der Waals surface area contributed by atoms with Crippen molar-refractivity contribution in [3.05, 3.63) is 24.3 Å². The summed E-state index contributed by atoms with van der Waals surface area (Å²) in [6, 6.07) is 8.58. The van der Waals surface area contributed by atoms with Crippen LogP contribution in [0.15, 0.2) is 24.3 Å². The average molecular weight is 248 g/mol. The Morgan fingerprint density at radius 1 is 1.22 bits per heavy atom. The fourth-order valence-corrected chi connectivity index (χ4v) is 2.52. The fraction of sp³-hybridized carbons (Fsp3) is 0.600. The molecule has 0 aromatic heterocycles. The van der Waals surface area contributed by atoms with Gasteiger partial charge >= 0.3 is 0 Å². The number of hydrogen-bond acceptors (Lipinski definition) is 3. The molecule has 0 bridgehead atoms. The standard InChI is InChI=1S/C15H24N2O/c1-3-13(18)7-6-10-17-12-11-16(2)14-8-4-5-9-15(14)17/h4-5,8-9,13,18H,3,6-7,10-12H2,1-2H3. The summed E-state index contributed by atoms with van der Waals surface area (Å²) in [4.78, 5) is 4.75. The summed E-state index contributed by atoms with van der Waals surface area (Å²) in [6.45, 7) is 5.24. The zero-order chi connectivity index (χ0) is 13.0. The first-order valence-corrected chi connectivity index (χ1v) is 6.95. The molecule has 1 unspecified atom stereocenters. The Morgan fingerprint density at radius 2 is 1.94 bits per heavy atom. The SMILES string of the molecule is CCC(O)CCCN1CCN(C)c2ccccc21. The number of nitrogens with zero attached hydrogens (tertiary/aromatic N) is 2. The number of rotatable bonds is 5. The van der Waals surface area contributed by atoms with E-state index in [1.807, 2.05) is 6.92 Å². The molecule has 0 amide bonds. The highest BCUT2D eigenvalue weighted by molar-refractivity contribution is 5.72. The third-order valence-electron chi connectivity index (χ3n) is 3.78. The molecule has 0 radical (unpaired) electrons. The van der Waals surface area contributed by atoms with E-state index in [1.54, 1.807) is 0 Å². The van der Waals surface area contributed by atoms with Crippen LogP contribution in [0.2, 0.25) is 0 Å². The van der Waals surface area contributed by atoms with Crippen molar-refractivity contribution in [2.24, 2.45) is 0 Å². The molecule has 3 heteroatoms. The Hall–Kier alpha value is -1.22. The van der Waals surface area contributed by atoms with E-state index in [9.17, 15) is 5.11 Å². The van der Waals surface area contributed by atoms with Gasteiger partial charge in [0.05, 0.1) is 17.5 Å². The lowest BCUT2D eigenvalue weighted by atomic mass is 10.1. The van der Waals surface area contributed by atoms with Crippen LogP contribution in [0.3, 0.4) is 0 Å². The van der Waals surface area contributed by atoms with Crippen molar-refractivity contribution in [2.75, 3.05) is 36.5 Å². The van der Waals surface area contributed by atoms with Gasteiger partial charge in [0.15, 0.2) is 0 Å². The lowest BCUT2D eigenvalue weighted by Crippen LogP contribution is -2.39. The van der Waals surface area contributed by atoms with Crippen LogP contribution in [-0.2, 0) is 0 Å². The van der Waals surface area contributed by atoms with Crippen LogP contribution in [0.4, 0.5) is 11.4 Å². The first-order valence-electron chi connectivity index (χ1n) is 6.95. The molecule has 0 saturated heterocycles. The van der Waals surface area contributed by atoms with Crippen molar-refractivity contribution >= 4 is 11.4 Å². The maximum absolute atomic E-state index is 9.60. The van der Waals surface area contributed by atoms with E-state index in [0.29, 0.717) is 0 Å². The number of aliphatic hydroxyl groups excluding tert-OH is 1. The van der Waals surface area contributed by atoms with Crippen LogP contribution in [0.1, 0.15) is 26.2 Å². The number of benzene rings is 1. The summed E-state index contributed by atoms with van der Waals surface area (Å²) in [5, 5.41) is 9.60. The van der Waals surface area contributed by atoms with Crippen LogP contribution in [0.25, 0.3) is 0 Å². The second-order valence-corrected chi connectivity index (χ2v) is 5.10. The largest absolute Gasteiger partial charge is 0.393 e. The van der Waals surface area contributed by atoms with E-state index in [1.165, 1.54) is 11.4 Å². The third kappa shape index (κ3) is 2.96. The highest BCUT2D eigenvalue weighted by Gasteiger charge is 2.19. The minimum atomic E-state index is -0.132. The molecule has 2 rings (SSSR count). The van der Waals surface area contributed by atoms with Gasteiger partial charge in [-0.3, -0.25) is 0 Å². The highest BCUT2D eigenvalue weighted by Crippen LogP contribution is 2.31. The fourth-order valence-electron chi connectivity index (χ4n) is 2.52. The predicted octanol–water partition coefficient (Wildman–Crippen LogP) is 2.49. The Kier molecular flexibility index (Phi) is 4.48. The second kappa shape index (κ2) is 6.10. The van der Waals surface area contributed by atoms with Gasteiger partial charge in [-0.15, -0.1) is 0 Å². The molecule has 100 valence electrons. The topological polar surface area (TPSA) is 26.7 Å². The van der Waals surface area contributed by atoms with Crippen LogP contribution < -0.4 is 9.80 Å². The van der Waals surface area contributed by atoms with Gasteiger partial charge in [0.2, 0.25) is 0 Å². The number of para-hydroxylation sites is 2. The molecule has 1 aromatic rings. The van der Waals surface area contributed by atoms with Crippen LogP contribution >= 0.6 is 0 Å². The third-order valence-corrected chi connectivity index (χ3v) is 3.78. The van der Waals surface area contributed by atoms with Gasteiger partial charge in [0.25, 0.3) is 0 Å². The van der Waals surface area contributed by atoms with Crippen molar-refractivity contribution < 1.29 is 5.11 Å². The first-order chi connectivity index (χ1) is 8.72. The molecule has 0 spiro atoms. The maximum atomic E-state index is 9.60. The first kappa shape index (κ1) is 13.2. The molecule has 1 aromatic carbocycles. The van der Waals surface area contributed by atoms with E-state index in [4.69, 9.17) is 0 Å². The number of likely N-dealkylation sites (N-methyl/N-ethyl adjacent to an activating group) is 1. The van der Waals surface area contributed by atoms with Gasteiger partial charge in [-0.2, -0.15) is 0 Å². The molecule has 18 heavy (non-hydrogen) atoms. The minimum absolute atomic E-state index is 0.132. The molecule has 0 aliphatic carbocycles. The second-order valence-electron chi connectivity index (χ2n) is 5.10. The lowest BCUT2D eigenvalue weighted by molar-refractivity contribution is 0.158. The summed E-state index contributed by atoms with van der Waals surface area (Å²) in [5.41, 5.74) is 2.65. The Balaban J connectivity index is 1.96. The summed E-state index contributed by atoms with van der Waals surface area (Å²) in [6.07, 6.45) is 2.70. The van der Waals surface area contributed by atoms with Crippen molar-refractivity contribution in [2.45, 2.75) is 32.3 Å². The maximum Gasteiger partial charge on any atom is 0.0604 e. The normalized spacial score (nSPS) is 16.6. The summed E-state index contributed by atoms with van der Waals surface area (Å²) >= 11 is 0. The molecule has 1 aliphatic rings. The van der Waals surface area contributed by atoms with E-state index >= 15 is 0 Å². The van der Waals surface area contributed by atoms with Crippen LogP contribution in [0, 0.1) is 0 Å². The molecule has 1 aliphatic heterocycles. The molecule has 1 atom stereocenters. The van der Waals surface area contributed by atoms with E-state index < -0.39 is 0 Å². The summed E-state index contributed by atoms with van der Waals surface area (Å²) < 4.78 is 0. The molecule has 1 N–H and O–H groups in total. The zero-order valence-electron chi connectivity index (χ0n) is 11.5. The number of aliphatic hydroxyl groups is 1. The van der Waals surface area contributed by atoms with Gasteiger partial charge < -0.3 is 14.9 Å². The predicted molar refractivity (Wildman–Crippen MR) is 77.5 cm³/mol. The number of hydrogen-bond donors (Lipinski definition) is 1. The Bertz CT molecular complexity index is 381. The van der Waals surface area contributed by atoms with E-state index in [2.05, 4.69) is 41.1 Å². The molecular formula is C15H24N2O. The monoisotopic (exact) mass is 248 g/mol. The zero-order valence-corrected chi connectivity index (χ0v) is 11.5. The van der Waals surface area contributed by atoms with Crippen molar-refractivity contribution in [3.63, 3.8) is 0 Å². The number of anilines is 2. The smallest absolute Gasteiger partial charge is 0.0604 e. The molecule has 1 heterocycles. The number of fused-ring (bicyclic) bond motifs is 1. The van der Waals surface area contributed by atoms with Gasteiger partial charge in [0.1, 0.15) is 0 Å². The van der Waals surface area contributed by atoms with Crippen LogP contribution in [0.5, 0.6) is 0 Å². The van der Waals surface area contributed by atoms with Gasteiger partial charge in [-0.05, 0) is 31.4 Å². The van der Waals surface area contributed by atoms with Gasteiger partial charge in [-0.1, -0.05) is 19.1 Å². The molecule has 0 fully saturated rings. The molecule has 3 nitrogen and oxygen atoms in total. The van der Waals surface area contributed by atoms with E-state index in [-0.39, 0.29) is 6.10 Å². The Labute approximate surface area is 110 Å². The molecule has 0 saturated carbocycles. The minimum Gasteiger partial charge on any atom is -0.393 e.